The predicted octanol–water partition coefficient (Wildman–Crippen LogP) is 1.55. The highest BCUT2D eigenvalue weighted by molar-refractivity contribution is 5.92. The molecule has 2 aromatic rings. The first kappa shape index (κ1) is 13.2. The van der Waals surface area contributed by atoms with Crippen molar-refractivity contribution in [3.63, 3.8) is 0 Å². The van der Waals surface area contributed by atoms with Gasteiger partial charge in [0.1, 0.15) is 11.5 Å². The third kappa shape index (κ3) is 2.78. The van der Waals surface area contributed by atoms with E-state index in [0.29, 0.717) is 21.9 Å². The van der Waals surface area contributed by atoms with Crippen molar-refractivity contribution in [2.45, 2.75) is 26.9 Å². The van der Waals surface area contributed by atoms with E-state index in [0.717, 1.165) is 0 Å². The van der Waals surface area contributed by atoms with Crippen LogP contribution >= 0.6 is 0 Å². The molecule has 2 N–H and O–H groups in total. The van der Waals surface area contributed by atoms with Gasteiger partial charge in [0.2, 0.25) is 0 Å². The molecule has 0 aliphatic heterocycles. The zero-order valence-corrected chi connectivity index (χ0v) is 10.4. The number of carbonyl (C=O) groups is 1. The average molecular weight is 269 g/mol. The molecular weight excluding hydrogens is 256 g/mol. The lowest BCUT2D eigenvalue weighted by Crippen LogP contribution is -2.26. The Balaban J connectivity index is 2.08. The van der Waals surface area contributed by atoms with E-state index in [9.17, 15) is 13.6 Å². The second kappa shape index (κ2) is 5.17. The summed E-state index contributed by atoms with van der Waals surface area (Å²) < 4.78 is 26.3. The number of aryl methyl sites for hydroxylation is 2. The Kier molecular flexibility index (Phi) is 3.59. The van der Waals surface area contributed by atoms with Crippen LogP contribution < -0.4 is 5.32 Å². The number of aromatic amines is 1. The minimum absolute atomic E-state index is 0.0800. The maximum atomic E-state index is 12.8. The molecule has 0 radical (unpaired) electrons. The lowest BCUT2D eigenvalue weighted by atomic mass is 10.4. The predicted molar refractivity (Wildman–Crippen MR) is 62.7 cm³/mol. The molecule has 1 amide bonds. The zero-order valence-electron chi connectivity index (χ0n) is 10.4. The van der Waals surface area contributed by atoms with Gasteiger partial charge in [-0.25, -0.2) is 4.98 Å². The number of aromatic nitrogens is 4. The van der Waals surface area contributed by atoms with Gasteiger partial charge in [0.15, 0.2) is 5.82 Å². The first-order valence-electron chi connectivity index (χ1n) is 5.61. The van der Waals surface area contributed by atoms with Crippen molar-refractivity contribution >= 4 is 5.91 Å². The monoisotopic (exact) mass is 269 g/mol. The van der Waals surface area contributed by atoms with Crippen molar-refractivity contribution in [3.05, 3.63) is 35.2 Å². The van der Waals surface area contributed by atoms with Gasteiger partial charge in [-0.1, -0.05) is 0 Å². The van der Waals surface area contributed by atoms with Crippen molar-refractivity contribution in [3.8, 4) is 0 Å². The fourth-order valence-corrected chi connectivity index (χ4v) is 1.71. The van der Waals surface area contributed by atoms with E-state index in [1.54, 1.807) is 6.92 Å². The normalized spacial score (nSPS) is 11.0. The highest BCUT2D eigenvalue weighted by Gasteiger charge is 2.19. The number of hydrogen-bond acceptors (Lipinski definition) is 3. The van der Waals surface area contributed by atoms with Gasteiger partial charge in [-0.05, 0) is 26.0 Å². The lowest BCUT2D eigenvalue weighted by Gasteiger charge is -2.09. The van der Waals surface area contributed by atoms with Crippen LogP contribution in [-0.2, 0) is 6.54 Å². The highest BCUT2D eigenvalue weighted by atomic mass is 19.3. The van der Waals surface area contributed by atoms with Crippen LogP contribution in [0.4, 0.5) is 8.78 Å². The van der Waals surface area contributed by atoms with Crippen LogP contribution in [-0.4, -0.2) is 25.7 Å². The second-order valence-electron chi connectivity index (χ2n) is 4.03. The molecule has 6 nitrogen and oxygen atoms in total. The number of rotatable bonds is 4. The van der Waals surface area contributed by atoms with Crippen LogP contribution in [0.5, 0.6) is 0 Å². The molecule has 2 rings (SSSR count). The van der Waals surface area contributed by atoms with E-state index in [-0.39, 0.29) is 12.2 Å². The molecule has 0 atom stereocenters. The number of halogens is 2. The molecule has 0 fully saturated rings. The van der Waals surface area contributed by atoms with Crippen LogP contribution in [0.2, 0.25) is 0 Å². The van der Waals surface area contributed by atoms with Crippen molar-refractivity contribution in [2.24, 2.45) is 0 Å². The number of hydrogen-bond donors (Lipinski definition) is 2. The Morgan fingerprint density at radius 2 is 2.21 bits per heavy atom. The van der Waals surface area contributed by atoms with Crippen molar-refractivity contribution in [1.29, 1.82) is 0 Å². The summed E-state index contributed by atoms with van der Waals surface area (Å²) in [5.74, 6) is 0.435. The Morgan fingerprint density at radius 1 is 1.47 bits per heavy atom. The van der Waals surface area contributed by atoms with Gasteiger partial charge in [0.05, 0.1) is 6.54 Å². The van der Waals surface area contributed by atoms with E-state index < -0.39 is 12.5 Å². The summed E-state index contributed by atoms with van der Waals surface area (Å²) in [6, 6.07) is 2.83. The fourth-order valence-electron chi connectivity index (χ4n) is 1.71. The van der Waals surface area contributed by atoms with Crippen LogP contribution in [0.3, 0.4) is 0 Å². The summed E-state index contributed by atoms with van der Waals surface area (Å²) in [6.07, 6.45) is 0. The van der Waals surface area contributed by atoms with Gasteiger partial charge < -0.3 is 5.32 Å². The van der Waals surface area contributed by atoms with Crippen LogP contribution in [0.15, 0.2) is 12.1 Å². The summed E-state index contributed by atoms with van der Waals surface area (Å²) in [4.78, 5) is 15.8. The van der Waals surface area contributed by atoms with E-state index in [1.165, 1.54) is 19.1 Å². The Morgan fingerprint density at radius 3 is 2.79 bits per heavy atom. The number of amides is 1. The molecule has 0 aromatic carbocycles. The van der Waals surface area contributed by atoms with Crippen molar-refractivity contribution in [1.82, 2.24) is 25.1 Å². The molecule has 0 spiro atoms. The van der Waals surface area contributed by atoms with Crippen LogP contribution in [0.1, 0.15) is 34.4 Å². The van der Waals surface area contributed by atoms with Crippen LogP contribution in [0, 0.1) is 13.8 Å². The molecule has 2 heterocycles. The Hall–Kier alpha value is -2.25. The summed E-state index contributed by atoms with van der Waals surface area (Å²) >= 11 is 0. The van der Waals surface area contributed by atoms with Gasteiger partial charge in [-0.3, -0.25) is 14.5 Å². The first-order chi connectivity index (χ1) is 8.99. The standard InChI is InChI=1S/C11H13F2N5O/c1-6-3-4-8(18(6)11(12)13)10(19)14-5-9-15-7(2)16-17-9/h3-4,11H,5H2,1-2H3,(H,14,19)(H,15,16,17). The van der Waals surface area contributed by atoms with Crippen molar-refractivity contribution in [2.75, 3.05) is 0 Å². The quantitative estimate of drug-likeness (QED) is 0.884. The number of nitrogens with one attached hydrogen (secondary N) is 2. The minimum Gasteiger partial charge on any atom is -0.343 e. The van der Waals surface area contributed by atoms with E-state index in [2.05, 4.69) is 20.5 Å². The third-order valence-electron chi connectivity index (χ3n) is 2.60. The van der Waals surface area contributed by atoms with E-state index in [4.69, 9.17) is 0 Å². The van der Waals surface area contributed by atoms with Gasteiger partial charge in [-0.15, -0.1) is 0 Å². The van der Waals surface area contributed by atoms with Crippen LogP contribution in [0.25, 0.3) is 0 Å². The molecule has 0 aliphatic carbocycles. The van der Waals surface area contributed by atoms with E-state index >= 15 is 0 Å². The first-order valence-corrected chi connectivity index (χ1v) is 5.61. The van der Waals surface area contributed by atoms with Gasteiger partial charge in [-0.2, -0.15) is 13.9 Å². The molecule has 19 heavy (non-hydrogen) atoms. The molecule has 0 aliphatic rings. The SMILES string of the molecule is Cc1nc(CNC(=O)c2ccc(C)n2C(F)F)n[nH]1. The highest BCUT2D eigenvalue weighted by Crippen LogP contribution is 2.18. The molecule has 2 aromatic heterocycles. The third-order valence-corrected chi connectivity index (χ3v) is 2.60. The zero-order chi connectivity index (χ0) is 14.0. The summed E-state index contributed by atoms with van der Waals surface area (Å²) in [7, 11) is 0. The van der Waals surface area contributed by atoms with E-state index in [1.807, 2.05) is 0 Å². The molecule has 102 valence electrons. The Labute approximate surface area is 107 Å². The molecule has 0 saturated heterocycles. The summed E-state index contributed by atoms with van der Waals surface area (Å²) in [5, 5.41) is 8.97. The Bertz CT molecular complexity index is 590. The van der Waals surface area contributed by atoms with Crippen molar-refractivity contribution < 1.29 is 13.6 Å². The average Bonchev–Trinajstić information content (AvgIpc) is 2.92. The van der Waals surface area contributed by atoms with Gasteiger partial charge in [0.25, 0.3) is 5.91 Å². The number of H-pyrrole nitrogens is 1. The summed E-state index contributed by atoms with van der Waals surface area (Å²) in [6.45, 7) is 0.573. The molecule has 0 bridgehead atoms. The van der Waals surface area contributed by atoms with Gasteiger partial charge >= 0.3 is 6.55 Å². The van der Waals surface area contributed by atoms with Gasteiger partial charge in [0, 0.05) is 5.69 Å². The molecule has 8 heteroatoms. The number of carbonyl (C=O) groups excluding carboxylic acids is 1. The molecular formula is C11H13F2N5O. The maximum Gasteiger partial charge on any atom is 0.319 e. The minimum atomic E-state index is -2.75. The number of alkyl halides is 2. The summed E-state index contributed by atoms with van der Waals surface area (Å²) in [5.41, 5.74) is 0.244. The fraction of sp³-hybridized carbons (Fsp3) is 0.364. The smallest absolute Gasteiger partial charge is 0.319 e. The largest absolute Gasteiger partial charge is 0.343 e. The lowest BCUT2D eigenvalue weighted by molar-refractivity contribution is 0.0617. The molecule has 0 unspecified atom stereocenters. The topological polar surface area (TPSA) is 75.6 Å². The number of nitrogens with zero attached hydrogens (tertiary/aromatic N) is 3. The molecule has 0 saturated carbocycles. The maximum absolute atomic E-state index is 12.8. The second-order valence-corrected chi connectivity index (χ2v) is 4.03.